The van der Waals surface area contributed by atoms with Crippen molar-refractivity contribution in [2.24, 2.45) is 10.3 Å². The predicted molar refractivity (Wildman–Crippen MR) is 141 cm³/mol. The van der Waals surface area contributed by atoms with E-state index in [1.165, 1.54) is 0 Å². The predicted octanol–water partition coefficient (Wildman–Crippen LogP) is 2.24. The van der Waals surface area contributed by atoms with Crippen LogP contribution in [0.15, 0.2) is 28.2 Å². The summed E-state index contributed by atoms with van der Waals surface area (Å²) in [6, 6.07) is 5.73. The first-order valence-corrected chi connectivity index (χ1v) is 14.2. The van der Waals surface area contributed by atoms with Gasteiger partial charge in [-0.1, -0.05) is 25.1 Å². The van der Waals surface area contributed by atoms with E-state index in [0.717, 1.165) is 50.4 Å². The Morgan fingerprint density at radius 2 is 1.66 bits per heavy atom. The normalized spacial score (nSPS) is 21.9. The minimum absolute atomic E-state index is 0.0368. The highest BCUT2D eigenvalue weighted by molar-refractivity contribution is 8.00. The van der Waals surface area contributed by atoms with Gasteiger partial charge in [-0.2, -0.15) is 8.42 Å². The van der Waals surface area contributed by atoms with E-state index >= 15 is 0 Å². The fourth-order valence-corrected chi connectivity index (χ4v) is 6.70. The Labute approximate surface area is 210 Å². The van der Waals surface area contributed by atoms with Crippen molar-refractivity contribution in [1.82, 2.24) is 20.0 Å². The Bertz CT molecular complexity index is 1110. The summed E-state index contributed by atoms with van der Waals surface area (Å²) in [5, 5.41) is 3.12. The van der Waals surface area contributed by atoms with E-state index in [9.17, 15) is 13.2 Å². The van der Waals surface area contributed by atoms with Crippen molar-refractivity contribution >= 4 is 26.7 Å². The van der Waals surface area contributed by atoms with Crippen molar-refractivity contribution in [3.05, 3.63) is 40.5 Å². The quantitative estimate of drug-likeness (QED) is 0.644. The molecule has 9 heteroatoms. The molecule has 8 nitrogen and oxygen atoms in total. The third-order valence-corrected chi connectivity index (χ3v) is 9.19. The van der Waals surface area contributed by atoms with Crippen LogP contribution in [0.5, 0.6) is 0 Å². The van der Waals surface area contributed by atoms with Crippen LogP contribution in [-0.2, 0) is 14.8 Å². The van der Waals surface area contributed by atoms with Crippen LogP contribution in [0.25, 0.3) is 4.91 Å². The van der Waals surface area contributed by atoms with Crippen LogP contribution in [0, 0.1) is 19.8 Å². The number of likely N-dealkylation sites (tertiary alicyclic amines) is 1. The number of benzene rings is 1. The molecule has 35 heavy (non-hydrogen) atoms. The van der Waals surface area contributed by atoms with E-state index in [-0.39, 0.29) is 11.8 Å². The van der Waals surface area contributed by atoms with Crippen LogP contribution in [0.1, 0.15) is 43.4 Å². The lowest BCUT2D eigenvalue weighted by Gasteiger charge is -2.34. The molecular weight excluding hydrogens is 462 g/mol. The standard InChI is InChI=1S/C26H39N5O3S/c1-5-29-14-16-30(17-15-29)13-10-27-26(32)22-8-11-31(12-9-22)25-21(4)24(35(33,34)28-25)23-7-6-19(2)20(3)18-23/h6-7,18,22H,5,8-17H2,1-4H3,(H,27,32). The number of hydrogen-bond acceptors (Lipinski definition) is 6. The van der Waals surface area contributed by atoms with Crippen LogP contribution in [0.3, 0.4) is 0 Å². The third-order valence-electron chi connectivity index (χ3n) is 7.71. The minimum Gasteiger partial charge on any atom is -0.356 e. The first-order valence-electron chi connectivity index (χ1n) is 12.8. The van der Waals surface area contributed by atoms with Gasteiger partial charge in [0.25, 0.3) is 10.0 Å². The zero-order valence-corrected chi connectivity index (χ0v) is 22.3. The third kappa shape index (κ3) is 5.78. The summed E-state index contributed by atoms with van der Waals surface area (Å²) in [7, 11) is -3.74. The van der Waals surface area contributed by atoms with Crippen molar-refractivity contribution < 1.29 is 13.2 Å². The van der Waals surface area contributed by atoms with Gasteiger partial charge in [0, 0.05) is 63.8 Å². The number of amidine groups is 1. The molecule has 1 aromatic carbocycles. The van der Waals surface area contributed by atoms with Gasteiger partial charge in [0.15, 0.2) is 0 Å². The Kier molecular flexibility index (Phi) is 7.98. The molecule has 1 N–H and O–H groups in total. The summed E-state index contributed by atoms with van der Waals surface area (Å²) >= 11 is 0. The van der Waals surface area contributed by atoms with Gasteiger partial charge < -0.3 is 15.1 Å². The number of rotatable bonds is 6. The maximum Gasteiger partial charge on any atom is 0.285 e. The Hall–Kier alpha value is -2.23. The second kappa shape index (κ2) is 10.8. The number of sulfonamides is 1. The Morgan fingerprint density at radius 1 is 1.00 bits per heavy atom. The molecule has 2 saturated heterocycles. The van der Waals surface area contributed by atoms with E-state index < -0.39 is 10.0 Å². The van der Waals surface area contributed by atoms with Gasteiger partial charge in [-0.3, -0.25) is 9.69 Å². The molecule has 0 spiro atoms. The number of likely N-dealkylation sites (N-methyl/N-ethyl adjacent to an activating group) is 1. The summed E-state index contributed by atoms with van der Waals surface area (Å²) in [6.07, 6.45) is 1.40. The molecule has 0 aromatic heterocycles. The van der Waals surface area contributed by atoms with Crippen LogP contribution in [0.4, 0.5) is 0 Å². The van der Waals surface area contributed by atoms with Gasteiger partial charge in [-0.15, -0.1) is 4.40 Å². The number of aryl methyl sites for hydroxylation is 2. The number of carbonyl (C=O) groups excluding carboxylic acids is 1. The van der Waals surface area contributed by atoms with E-state index in [1.54, 1.807) is 0 Å². The molecule has 0 unspecified atom stereocenters. The maximum absolute atomic E-state index is 12.9. The number of amides is 1. The molecule has 3 aliphatic rings. The zero-order chi connectivity index (χ0) is 25.2. The largest absolute Gasteiger partial charge is 0.356 e. The lowest BCUT2D eigenvalue weighted by atomic mass is 9.95. The lowest BCUT2D eigenvalue weighted by molar-refractivity contribution is -0.126. The highest BCUT2D eigenvalue weighted by atomic mass is 32.2. The minimum atomic E-state index is -3.74. The number of piperazine rings is 1. The fourth-order valence-electron chi connectivity index (χ4n) is 5.23. The molecule has 2 fully saturated rings. The molecule has 0 saturated carbocycles. The maximum atomic E-state index is 12.9. The number of nitrogens with one attached hydrogen (secondary N) is 1. The average molecular weight is 502 g/mol. The average Bonchev–Trinajstić information content (AvgIpc) is 3.09. The van der Waals surface area contributed by atoms with Gasteiger partial charge in [-0.25, -0.2) is 0 Å². The summed E-state index contributed by atoms with van der Waals surface area (Å²) < 4.78 is 30.0. The van der Waals surface area contributed by atoms with E-state index in [0.29, 0.717) is 54.4 Å². The molecule has 4 rings (SSSR count). The van der Waals surface area contributed by atoms with Gasteiger partial charge in [0.2, 0.25) is 5.91 Å². The molecule has 1 aromatic rings. The molecular formula is C26H39N5O3S. The molecule has 3 aliphatic heterocycles. The Morgan fingerprint density at radius 3 is 2.29 bits per heavy atom. The van der Waals surface area contributed by atoms with Crippen LogP contribution < -0.4 is 5.32 Å². The van der Waals surface area contributed by atoms with Gasteiger partial charge in [0.05, 0.1) is 0 Å². The fraction of sp³-hybridized carbons (Fsp3) is 0.615. The topological polar surface area (TPSA) is 85.3 Å². The van der Waals surface area contributed by atoms with Crippen molar-refractivity contribution in [2.75, 3.05) is 58.9 Å². The monoisotopic (exact) mass is 501 g/mol. The molecule has 0 atom stereocenters. The summed E-state index contributed by atoms with van der Waals surface area (Å²) in [4.78, 5) is 19.9. The first-order chi connectivity index (χ1) is 16.7. The smallest absolute Gasteiger partial charge is 0.285 e. The summed E-state index contributed by atoms with van der Waals surface area (Å²) in [5.74, 6) is 0.606. The number of carbonyl (C=O) groups is 1. The zero-order valence-electron chi connectivity index (χ0n) is 21.5. The van der Waals surface area contributed by atoms with Crippen molar-refractivity contribution in [3.8, 4) is 0 Å². The summed E-state index contributed by atoms with van der Waals surface area (Å²) in [5.41, 5.74) is 3.57. The van der Waals surface area contributed by atoms with Crippen molar-refractivity contribution in [1.29, 1.82) is 0 Å². The highest BCUT2D eigenvalue weighted by Gasteiger charge is 2.35. The van der Waals surface area contributed by atoms with Crippen molar-refractivity contribution in [3.63, 3.8) is 0 Å². The van der Waals surface area contributed by atoms with Gasteiger partial charge >= 0.3 is 0 Å². The number of piperidine rings is 1. The van der Waals surface area contributed by atoms with Crippen molar-refractivity contribution in [2.45, 2.75) is 40.5 Å². The molecule has 0 bridgehead atoms. The van der Waals surface area contributed by atoms with E-state index in [4.69, 9.17) is 0 Å². The van der Waals surface area contributed by atoms with Crippen LogP contribution >= 0.6 is 0 Å². The molecule has 3 heterocycles. The second-order valence-electron chi connectivity index (χ2n) is 9.97. The number of hydrogen-bond donors (Lipinski definition) is 1. The highest BCUT2D eigenvalue weighted by Crippen LogP contribution is 2.35. The van der Waals surface area contributed by atoms with E-state index in [1.807, 2.05) is 43.9 Å². The van der Waals surface area contributed by atoms with Crippen LogP contribution in [0.2, 0.25) is 0 Å². The Balaban J connectivity index is 1.30. The van der Waals surface area contributed by atoms with Crippen LogP contribution in [-0.4, -0.2) is 93.8 Å². The molecule has 192 valence electrons. The lowest BCUT2D eigenvalue weighted by Crippen LogP contribution is -2.49. The van der Waals surface area contributed by atoms with Gasteiger partial charge in [-0.05, 0) is 56.8 Å². The number of nitrogens with zero attached hydrogens (tertiary/aromatic N) is 4. The molecule has 1 amide bonds. The van der Waals surface area contributed by atoms with Gasteiger partial charge in [0.1, 0.15) is 10.7 Å². The second-order valence-corrected chi connectivity index (χ2v) is 11.5. The molecule has 0 radical (unpaired) electrons. The summed E-state index contributed by atoms with van der Waals surface area (Å²) in [6.45, 7) is 16.3. The van der Waals surface area contributed by atoms with E-state index in [2.05, 4.69) is 26.4 Å². The SMILES string of the molecule is CCN1CCN(CCNC(=O)C2CCN(C3=NS(=O)(=O)C(c4ccc(C)c(C)c4)=C3C)CC2)CC1. The molecule has 0 aliphatic carbocycles. The first kappa shape index (κ1) is 25.9.